The molecule has 6 heteroatoms. The van der Waals surface area contributed by atoms with Crippen molar-refractivity contribution in [3.63, 3.8) is 0 Å². The number of carboxylic acids is 1. The normalized spacial score (nSPS) is 11.7. The van der Waals surface area contributed by atoms with E-state index < -0.39 is 5.97 Å². The molecule has 0 radical (unpaired) electrons. The number of carboxylic acid groups (broad SMARTS) is 1. The predicted molar refractivity (Wildman–Crippen MR) is 122 cm³/mol. The fraction of sp³-hybridized carbons (Fsp3) is 0.250. The van der Waals surface area contributed by atoms with Crippen LogP contribution in [0.15, 0.2) is 71.3 Å². The van der Waals surface area contributed by atoms with Crippen LogP contribution >= 0.6 is 15.9 Å². The molecule has 0 aliphatic rings. The highest BCUT2D eigenvalue weighted by Crippen LogP contribution is 2.27. The molecule has 156 valence electrons. The van der Waals surface area contributed by atoms with Gasteiger partial charge < -0.3 is 15.2 Å². The molecular weight excluding hydrogens is 444 g/mol. The standard InChI is InChI=1S/C24H25BrN2O3/c1-26-22-3-2-13-27-23(22)12-14-30-21-10-4-17(5-11-21)15-19(16-24(28)29)18-6-8-20(25)9-7-18/h2-11,13,19,26H,12,14-16H2,1H3,(H,28,29). The van der Waals surface area contributed by atoms with Gasteiger partial charge in [-0.25, -0.2) is 0 Å². The van der Waals surface area contributed by atoms with Crippen molar-refractivity contribution >= 4 is 27.6 Å². The van der Waals surface area contributed by atoms with Gasteiger partial charge in [0.25, 0.3) is 0 Å². The molecule has 1 atom stereocenters. The minimum absolute atomic E-state index is 0.0773. The van der Waals surface area contributed by atoms with E-state index in [0.717, 1.165) is 32.7 Å². The summed E-state index contributed by atoms with van der Waals surface area (Å²) in [5.74, 6) is -0.0797. The molecule has 30 heavy (non-hydrogen) atoms. The Morgan fingerprint density at radius 2 is 1.87 bits per heavy atom. The molecule has 1 unspecified atom stereocenters. The minimum Gasteiger partial charge on any atom is -0.493 e. The van der Waals surface area contributed by atoms with Gasteiger partial charge in [0, 0.05) is 24.1 Å². The summed E-state index contributed by atoms with van der Waals surface area (Å²) in [6.07, 6.45) is 3.25. The molecule has 3 rings (SSSR count). The Kier molecular flexibility index (Phi) is 7.85. The van der Waals surface area contributed by atoms with Crippen LogP contribution in [0.3, 0.4) is 0 Å². The SMILES string of the molecule is CNc1cccnc1CCOc1ccc(CC(CC(=O)O)c2ccc(Br)cc2)cc1. The molecule has 1 aromatic heterocycles. The molecule has 0 aliphatic carbocycles. The van der Waals surface area contributed by atoms with Crippen LogP contribution in [0.25, 0.3) is 0 Å². The molecule has 5 nitrogen and oxygen atoms in total. The maximum atomic E-state index is 11.3. The first-order chi connectivity index (χ1) is 14.5. The second-order valence-corrected chi connectivity index (χ2v) is 7.96. The van der Waals surface area contributed by atoms with Crippen molar-refractivity contribution in [3.05, 3.63) is 88.2 Å². The van der Waals surface area contributed by atoms with E-state index in [1.165, 1.54) is 0 Å². The molecule has 0 fully saturated rings. The number of hydrogen-bond donors (Lipinski definition) is 2. The van der Waals surface area contributed by atoms with Gasteiger partial charge in [0.2, 0.25) is 0 Å². The molecule has 0 amide bonds. The topological polar surface area (TPSA) is 71.5 Å². The predicted octanol–water partition coefficient (Wildman–Crippen LogP) is 5.31. The van der Waals surface area contributed by atoms with Crippen LogP contribution in [-0.2, 0) is 17.6 Å². The van der Waals surface area contributed by atoms with E-state index in [2.05, 4.69) is 26.2 Å². The highest BCUT2D eigenvalue weighted by Gasteiger charge is 2.16. The maximum Gasteiger partial charge on any atom is 0.303 e. The van der Waals surface area contributed by atoms with Crippen LogP contribution in [0.5, 0.6) is 5.75 Å². The highest BCUT2D eigenvalue weighted by atomic mass is 79.9. The number of rotatable bonds is 10. The number of ether oxygens (including phenoxy) is 1. The van der Waals surface area contributed by atoms with E-state index in [9.17, 15) is 9.90 Å². The lowest BCUT2D eigenvalue weighted by Crippen LogP contribution is -2.09. The summed E-state index contributed by atoms with van der Waals surface area (Å²) >= 11 is 3.43. The summed E-state index contributed by atoms with van der Waals surface area (Å²) in [6, 6.07) is 19.6. The molecular formula is C24H25BrN2O3. The number of carbonyl (C=O) groups is 1. The zero-order valence-electron chi connectivity index (χ0n) is 16.8. The summed E-state index contributed by atoms with van der Waals surface area (Å²) in [7, 11) is 1.88. The smallest absolute Gasteiger partial charge is 0.303 e. The number of aliphatic carboxylic acids is 1. The van der Waals surface area contributed by atoms with Crippen molar-refractivity contribution in [1.29, 1.82) is 0 Å². The molecule has 0 spiro atoms. The summed E-state index contributed by atoms with van der Waals surface area (Å²) in [4.78, 5) is 15.7. The second kappa shape index (κ2) is 10.8. The summed E-state index contributed by atoms with van der Waals surface area (Å²) < 4.78 is 6.85. The number of halogens is 1. The Labute approximate surface area is 185 Å². The van der Waals surface area contributed by atoms with Gasteiger partial charge in [0.1, 0.15) is 5.75 Å². The molecule has 0 saturated carbocycles. The van der Waals surface area contributed by atoms with Gasteiger partial charge >= 0.3 is 5.97 Å². The third-order valence-electron chi connectivity index (χ3n) is 4.94. The van der Waals surface area contributed by atoms with Gasteiger partial charge in [-0.15, -0.1) is 0 Å². The first-order valence-corrected chi connectivity index (χ1v) is 10.6. The fourth-order valence-electron chi connectivity index (χ4n) is 3.39. The van der Waals surface area contributed by atoms with Gasteiger partial charge in [-0.2, -0.15) is 0 Å². The quantitative estimate of drug-likeness (QED) is 0.421. The van der Waals surface area contributed by atoms with Crippen LogP contribution in [0.4, 0.5) is 5.69 Å². The number of nitrogens with one attached hydrogen (secondary N) is 1. The number of pyridine rings is 1. The van der Waals surface area contributed by atoms with E-state index in [0.29, 0.717) is 19.4 Å². The van der Waals surface area contributed by atoms with Crippen LogP contribution in [0.1, 0.15) is 29.2 Å². The Balaban J connectivity index is 1.59. The molecule has 0 saturated heterocycles. The van der Waals surface area contributed by atoms with Gasteiger partial charge in [-0.3, -0.25) is 9.78 Å². The third-order valence-corrected chi connectivity index (χ3v) is 5.46. The first kappa shape index (κ1) is 21.8. The Morgan fingerprint density at radius 3 is 2.53 bits per heavy atom. The van der Waals surface area contributed by atoms with Crippen molar-refractivity contribution < 1.29 is 14.6 Å². The minimum atomic E-state index is -0.793. The molecule has 0 aliphatic heterocycles. The van der Waals surface area contributed by atoms with Crippen molar-refractivity contribution in [2.24, 2.45) is 0 Å². The van der Waals surface area contributed by atoms with E-state index in [4.69, 9.17) is 4.74 Å². The van der Waals surface area contributed by atoms with Crippen molar-refractivity contribution in [3.8, 4) is 5.75 Å². The zero-order valence-corrected chi connectivity index (χ0v) is 18.4. The van der Waals surface area contributed by atoms with Crippen molar-refractivity contribution in [2.75, 3.05) is 19.0 Å². The van der Waals surface area contributed by atoms with Gasteiger partial charge in [-0.05, 0) is 59.9 Å². The molecule has 3 aromatic rings. The summed E-state index contributed by atoms with van der Waals surface area (Å²) in [5.41, 5.74) is 4.09. The third kappa shape index (κ3) is 6.32. The van der Waals surface area contributed by atoms with E-state index in [-0.39, 0.29) is 12.3 Å². The fourth-order valence-corrected chi connectivity index (χ4v) is 3.65. The van der Waals surface area contributed by atoms with Crippen LogP contribution in [0.2, 0.25) is 0 Å². The molecule has 2 N–H and O–H groups in total. The second-order valence-electron chi connectivity index (χ2n) is 7.04. The maximum absolute atomic E-state index is 11.3. The van der Waals surface area contributed by atoms with Crippen molar-refractivity contribution in [1.82, 2.24) is 4.98 Å². The van der Waals surface area contributed by atoms with E-state index in [1.54, 1.807) is 6.20 Å². The molecule has 1 heterocycles. The lowest BCUT2D eigenvalue weighted by Gasteiger charge is -2.16. The first-order valence-electron chi connectivity index (χ1n) is 9.86. The summed E-state index contributed by atoms with van der Waals surface area (Å²) in [5, 5.41) is 12.4. The van der Waals surface area contributed by atoms with Gasteiger partial charge in [-0.1, -0.05) is 40.2 Å². The van der Waals surface area contributed by atoms with Crippen LogP contribution in [-0.4, -0.2) is 29.7 Å². The monoisotopic (exact) mass is 468 g/mol. The average Bonchev–Trinajstić information content (AvgIpc) is 2.75. The van der Waals surface area contributed by atoms with Gasteiger partial charge in [0.15, 0.2) is 0 Å². The van der Waals surface area contributed by atoms with Crippen molar-refractivity contribution in [2.45, 2.75) is 25.2 Å². The Morgan fingerprint density at radius 1 is 1.13 bits per heavy atom. The van der Waals surface area contributed by atoms with E-state index in [1.807, 2.05) is 67.7 Å². The highest BCUT2D eigenvalue weighted by molar-refractivity contribution is 9.10. The van der Waals surface area contributed by atoms with Crippen LogP contribution < -0.4 is 10.1 Å². The lowest BCUT2D eigenvalue weighted by atomic mass is 9.89. The zero-order chi connectivity index (χ0) is 21.3. The number of benzene rings is 2. The number of nitrogens with zero attached hydrogens (tertiary/aromatic N) is 1. The average molecular weight is 469 g/mol. The summed E-state index contributed by atoms with van der Waals surface area (Å²) in [6.45, 7) is 0.533. The molecule has 0 bridgehead atoms. The number of hydrogen-bond acceptors (Lipinski definition) is 4. The van der Waals surface area contributed by atoms with Crippen LogP contribution in [0, 0.1) is 0 Å². The Bertz CT molecular complexity index is 959. The molecule has 2 aromatic carbocycles. The van der Waals surface area contributed by atoms with E-state index >= 15 is 0 Å². The lowest BCUT2D eigenvalue weighted by molar-refractivity contribution is -0.137. The Hall–Kier alpha value is -2.86. The van der Waals surface area contributed by atoms with Gasteiger partial charge in [0.05, 0.1) is 24.4 Å². The number of aromatic nitrogens is 1. The largest absolute Gasteiger partial charge is 0.493 e. The number of anilines is 1.